The predicted molar refractivity (Wildman–Crippen MR) is 67.7 cm³/mol. The van der Waals surface area contributed by atoms with Gasteiger partial charge in [0.25, 0.3) is 5.91 Å². The molecule has 0 saturated heterocycles. The monoisotopic (exact) mass is 295 g/mol. The highest BCUT2D eigenvalue weighted by Gasteiger charge is 2.13. The smallest absolute Gasteiger partial charge is 0.294 e. The van der Waals surface area contributed by atoms with Gasteiger partial charge in [0.2, 0.25) is 5.76 Å². The molecule has 17 heavy (non-hydrogen) atoms. The third-order valence-corrected chi connectivity index (χ3v) is 2.75. The van der Waals surface area contributed by atoms with E-state index in [0.29, 0.717) is 21.5 Å². The Bertz CT molecular complexity index is 566. The van der Waals surface area contributed by atoms with E-state index in [1.54, 1.807) is 31.2 Å². The number of benzene rings is 1. The minimum atomic E-state index is -0.351. The van der Waals surface area contributed by atoms with E-state index in [4.69, 9.17) is 10.3 Å². The molecule has 1 aromatic carbocycles. The maximum atomic E-state index is 11.8. The second-order valence-electron chi connectivity index (χ2n) is 3.53. The van der Waals surface area contributed by atoms with E-state index in [2.05, 4.69) is 26.4 Å². The van der Waals surface area contributed by atoms with Crippen molar-refractivity contribution in [2.45, 2.75) is 6.92 Å². The van der Waals surface area contributed by atoms with Crippen molar-refractivity contribution in [3.63, 3.8) is 0 Å². The van der Waals surface area contributed by atoms with Crippen molar-refractivity contribution in [2.24, 2.45) is 0 Å². The van der Waals surface area contributed by atoms with Crippen LogP contribution >= 0.6 is 15.9 Å². The molecule has 0 radical (unpaired) electrons. The molecule has 2 aromatic rings. The number of halogens is 1. The average molecular weight is 296 g/mol. The molecule has 0 bridgehead atoms. The van der Waals surface area contributed by atoms with Gasteiger partial charge in [0.1, 0.15) is 0 Å². The van der Waals surface area contributed by atoms with Crippen LogP contribution in [0.4, 0.5) is 11.4 Å². The Labute approximate surface area is 106 Å². The number of nitrogens with two attached hydrogens (primary N) is 1. The number of aryl methyl sites for hydroxylation is 1. The van der Waals surface area contributed by atoms with Crippen LogP contribution in [0.3, 0.4) is 0 Å². The molecule has 0 unspecified atom stereocenters. The highest BCUT2D eigenvalue weighted by Crippen LogP contribution is 2.25. The lowest BCUT2D eigenvalue weighted by Gasteiger charge is -2.05. The van der Waals surface area contributed by atoms with Gasteiger partial charge in [-0.05, 0) is 41.1 Å². The van der Waals surface area contributed by atoms with E-state index in [1.807, 2.05) is 0 Å². The van der Waals surface area contributed by atoms with Crippen LogP contribution in [0.15, 0.2) is 33.3 Å². The maximum Gasteiger partial charge on any atom is 0.294 e. The summed E-state index contributed by atoms with van der Waals surface area (Å²) in [5.74, 6) is -0.178. The van der Waals surface area contributed by atoms with Gasteiger partial charge in [0.15, 0.2) is 0 Å². The number of rotatable bonds is 2. The molecule has 0 aliphatic heterocycles. The zero-order valence-electron chi connectivity index (χ0n) is 9.03. The summed E-state index contributed by atoms with van der Waals surface area (Å²) in [5, 5.41) is 6.34. The molecule has 0 saturated carbocycles. The van der Waals surface area contributed by atoms with E-state index < -0.39 is 0 Å². The second kappa shape index (κ2) is 4.58. The molecule has 0 atom stereocenters. The van der Waals surface area contributed by atoms with Crippen LogP contribution in [0.5, 0.6) is 0 Å². The number of nitrogens with zero attached hydrogens (tertiary/aromatic N) is 1. The van der Waals surface area contributed by atoms with Crippen molar-refractivity contribution in [3.05, 3.63) is 40.2 Å². The zero-order valence-corrected chi connectivity index (χ0v) is 10.6. The van der Waals surface area contributed by atoms with Gasteiger partial charge in [-0.15, -0.1) is 0 Å². The Morgan fingerprint density at radius 2 is 2.24 bits per heavy atom. The van der Waals surface area contributed by atoms with Crippen molar-refractivity contribution in [1.82, 2.24) is 5.16 Å². The summed E-state index contributed by atoms with van der Waals surface area (Å²) in [7, 11) is 0. The Hall–Kier alpha value is -1.82. The minimum Gasteiger partial charge on any atom is -0.399 e. The molecule has 3 N–H and O–H groups in total. The number of carbonyl (C=O) groups excluding carboxylic acids is 1. The van der Waals surface area contributed by atoms with Gasteiger partial charge in [-0.25, -0.2) is 0 Å². The van der Waals surface area contributed by atoms with Gasteiger partial charge >= 0.3 is 0 Å². The Kier molecular flexibility index (Phi) is 3.14. The summed E-state index contributed by atoms with van der Waals surface area (Å²) in [5.41, 5.74) is 7.50. The fourth-order valence-corrected chi connectivity index (χ4v) is 1.78. The first-order chi connectivity index (χ1) is 8.06. The maximum absolute atomic E-state index is 11.8. The van der Waals surface area contributed by atoms with Crippen LogP contribution in [-0.2, 0) is 0 Å². The number of nitrogen functional groups attached to an aromatic ring is 1. The average Bonchev–Trinajstić information content (AvgIpc) is 2.69. The lowest BCUT2D eigenvalue weighted by molar-refractivity contribution is 0.0988. The molecular formula is C11H10BrN3O2. The Morgan fingerprint density at radius 3 is 2.82 bits per heavy atom. The predicted octanol–water partition coefficient (Wildman–Crippen LogP) is 2.58. The van der Waals surface area contributed by atoms with Gasteiger partial charge < -0.3 is 15.6 Å². The summed E-state index contributed by atoms with van der Waals surface area (Å²) >= 11 is 3.31. The van der Waals surface area contributed by atoms with Crippen LogP contribution < -0.4 is 11.1 Å². The summed E-state index contributed by atoms with van der Waals surface area (Å²) in [6.07, 6.45) is 0. The minimum absolute atomic E-state index is 0.172. The number of hydrogen-bond acceptors (Lipinski definition) is 4. The molecule has 0 aliphatic rings. The number of hydrogen-bond donors (Lipinski definition) is 2. The normalized spacial score (nSPS) is 10.2. The van der Waals surface area contributed by atoms with Gasteiger partial charge in [0, 0.05) is 16.2 Å². The van der Waals surface area contributed by atoms with Crippen LogP contribution in [0.1, 0.15) is 16.2 Å². The van der Waals surface area contributed by atoms with Crippen molar-refractivity contribution in [1.29, 1.82) is 0 Å². The molecular weight excluding hydrogens is 286 g/mol. The van der Waals surface area contributed by atoms with E-state index in [9.17, 15) is 4.79 Å². The van der Waals surface area contributed by atoms with Crippen LogP contribution in [0.25, 0.3) is 0 Å². The van der Waals surface area contributed by atoms with Gasteiger partial charge in [-0.3, -0.25) is 4.79 Å². The molecule has 1 amide bonds. The molecule has 0 fully saturated rings. The highest BCUT2D eigenvalue weighted by molar-refractivity contribution is 9.10. The summed E-state index contributed by atoms with van der Waals surface area (Å²) in [4.78, 5) is 11.8. The topological polar surface area (TPSA) is 81.2 Å². The van der Waals surface area contributed by atoms with Gasteiger partial charge in [-0.1, -0.05) is 5.16 Å². The van der Waals surface area contributed by atoms with Crippen molar-refractivity contribution in [3.8, 4) is 0 Å². The number of anilines is 2. The third-order valence-electron chi connectivity index (χ3n) is 2.09. The fourth-order valence-electron chi connectivity index (χ4n) is 1.29. The van der Waals surface area contributed by atoms with E-state index >= 15 is 0 Å². The number of carbonyl (C=O) groups is 1. The van der Waals surface area contributed by atoms with Crippen molar-refractivity contribution < 1.29 is 9.32 Å². The molecule has 0 spiro atoms. The molecule has 1 heterocycles. The van der Waals surface area contributed by atoms with Crippen LogP contribution in [-0.4, -0.2) is 11.1 Å². The van der Waals surface area contributed by atoms with Crippen molar-refractivity contribution >= 4 is 33.2 Å². The molecule has 1 aromatic heterocycles. The van der Waals surface area contributed by atoms with Gasteiger partial charge in [0.05, 0.1) is 11.4 Å². The van der Waals surface area contributed by atoms with E-state index in [0.717, 1.165) is 0 Å². The largest absolute Gasteiger partial charge is 0.399 e. The summed E-state index contributed by atoms with van der Waals surface area (Å²) in [6.45, 7) is 1.75. The van der Waals surface area contributed by atoms with E-state index in [-0.39, 0.29) is 11.7 Å². The lowest BCUT2D eigenvalue weighted by Crippen LogP contribution is -2.11. The zero-order chi connectivity index (χ0) is 12.4. The highest BCUT2D eigenvalue weighted by atomic mass is 79.9. The molecule has 88 valence electrons. The lowest BCUT2D eigenvalue weighted by atomic mass is 10.2. The van der Waals surface area contributed by atoms with Gasteiger partial charge in [-0.2, -0.15) is 0 Å². The van der Waals surface area contributed by atoms with E-state index in [1.165, 1.54) is 0 Å². The van der Waals surface area contributed by atoms with Crippen LogP contribution in [0.2, 0.25) is 0 Å². The summed E-state index contributed by atoms with van der Waals surface area (Å²) in [6, 6.07) is 6.69. The fraction of sp³-hybridized carbons (Fsp3) is 0.0909. The molecule has 5 nitrogen and oxygen atoms in total. The molecule has 0 aliphatic carbocycles. The Morgan fingerprint density at radius 1 is 1.47 bits per heavy atom. The number of aromatic nitrogens is 1. The molecule has 2 rings (SSSR count). The quantitative estimate of drug-likeness (QED) is 0.835. The number of nitrogens with one attached hydrogen (secondary N) is 1. The number of amides is 1. The molecule has 6 heteroatoms. The van der Waals surface area contributed by atoms with Crippen molar-refractivity contribution in [2.75, 3.05) is 11.1 Å². The summed E-state index contributed by atoms with van der Waals surface area (Å²) < 4.78 is 5.57. The second-order valence-corrected chi connectivity index (χ2v) is 4.38. The first kappa shape index (κ1) is 11.7. The third kappa shape index (κ3) is 2.65. The standard InChI is InChI=1S/C11H10BrN3O2/c1-6-4-10(17-15-6)11(16)14-9-3-2-7(13)5-8(9)12/h2-5H,13H2,1H3,(H,14,16). The first-order valence-corrected chi connectivity index (χ1v) is 5.65. The SMILES string of the molecule is Cc1cc(C(=O)Nc2ccc(N)cc2Br)on1. The Balaban J connectivity index is 2.18. The van der Waals surface area contributed by atoms with Crippen LogP contribution in [0, 0.1) is 6.92 Å². The first-order valence-electron chi connectivity index (χ1n) is 4.86.